The first kappa shape index (κ1) is 19.5. The fourth-order valence-corrected chi connectivity index (χ4v) is 3.39. The smallest absolute Gasteiger partial charge is 0.229 e. The number of anilines is 2. The van der Waals surface area contributed by atoms with E-state index >= 15 is 0 Å². The molecule has 1 aliphatic rings. The Morgan fingerprint density at radius 1 is 0.933 bits per heavy atom. The van der Waals surface area contributed by atoms with E-state index in [0.717, 1.165) is 11.4 Å². The first-order valence-corrected chi connectivity index (χ1v) is 9.70. The second kappa shape index (κ2) is 8.69. The monoisotopic (exact) mass is 402 g/mol. The summed E-state index contributed by atoms with van der Waals surface area (Å²) in [6, 6.07) is 23.9. The number of carbonyl (C=O) groups is 2. The van der Waals surface area contributed by atoms with Gasteiger partial charge in [-0.2, -0.15) is 0 Å². The molecule has 30 heavy (non-hydrogen) atoms. The lowest BCUT2D eigenvalue weighted by Gasteiger charge is -2.17. The van der Waals surface area contributed by atoms with Crippen LogP contribution in [-0.2, 0) is 9.59 Å². The van der Waals surface area contributed by atoms with Gasteiger partial charge in [0.2, 0.25) is 11.8 Å². The van der Waals surface area contributed by atoms with Crippen LogP contribution in [0.15, 0.2) is 78.9 Å². The molecule has 1 aliphatic heterocycles. The number of para-hydroxylation sites is 1. The van der Waals surface area contributed by atoms with Gasteiger partial charge in [-0.3, -0.25) is 9.59 Å². The van der Waals surface area contributed by atoms with Gasteiger partial charge in [-0.1, -0.05) is 24.3 Å². The minimum atomic E-state index is -0.413. The van der Waals surface area contributed by atoms with Crippen molar-refractivity contribution in [2.45, 2.75) is 6.42 Å². The Labute approximate surface area is 175 Å². The number of ether oxygens (including phenoxy) is 2. The zero-order valence-corrected chi connectivity index (χ0v) is 16.6. The molecule has 6 heteroatoms. The van der Waals surface area contributed by atoms with Crippen molar-refractivity contribution in [2.24, 2.45) is 5.92 Å². The minimum absolute atomic E-state index is 0.0741. The van der Waals surface area contributed by atoms with Crippen molar-refractivity contribution in [2.75, 3.05) is 23.9 Å². The van der Waals surface area contributed by atoms with Crippen molar-refractivity contribution in [1.82, 2.24) is 0 Å². The molecule has 1 fully saturated rings. The van der Waals surface area contributed by atoms with Crippen molar-refractivity contribution < 1.29 is 19.1 Å². The van der Waals surface area contributed by atoms with E-state index in [-0.39, 0.29) is 18.2 Å². The molecule has 0 spiro atoms. The number of methoxy groups -OCH3 is 1. The highest BCUT2D eigenvalue weighted by molar-refractivity contribution is 6.03. The summed E-state index contributed by atoms with van der Waals surface area (Å²) in [5.41, 5.74) is 1.39. The summed E-state index contributed by atoms with van der Waals surface area (Å²) in [7, 11) is 1.58. The maximum Gasteiger partial charge on any atom is 0.229 e. The second-order valence-corrected chi connectivity index (χ2v) is 7.04. The first-order valence-electron chi connectivity index (χ1n) is 9.70. The van der Waals surface area contributed by atoms with Crippen LogP contribution in [0.5, 0.6) is 17.2 Å². The van der Waals surface area contributed by atoms with Crippen LogP contribution in [0.25, 0.3) is 0 Å². The Morgan fingerprint density at radius 3 is 2.37 bits per heavy atom. The molecule has 152 valence electrons. The van der Waals surface area contributed by atoms with Crippen LogP contribution in [0.3, 0.4) is 0 Å². The SMILES string of the molecule is COc1cccc(N2C[C@@H](C(=O)Nc3ccc(Oc4ccccc4)cc3)CC2=O)c1. The molecule has 0 unspecified atom stereocenters. The topological polar surface area (TPSA) is 67.9 Å². The predicted molar refractivity (Wildman–Crippen MR) is 115 cm³/mol. The molecule has 1 N–H and O–H groups in total. The van der Waals surface area contributed by atoms with Gasteiger partial charge in [0, 0.05) is 30.4 Å². The molecular formula is C24H22N2O4. The second-order valence-electron chi connectivity index (χ2n) is 7.04. The highest BCUT2D eigenvalue weighted by Gasteiger charge is 2.35. The van der Waals surface area contributed by atoms with Gasteiger partial charge < -0.3 is 19.7 Å². The Bertz CT molecular complexity index is 1030. The largest absolute Gasteiger partial charge is 0.497 e. The predicted octanol–water partition coefficient (Wildman–Crippen LogP) is 4.48. The van der Waals surface area contributed by atoms with Crippen molar-refractivity contribution in [1.29, 1.82) is 0 Å². The van der Waals surface area contributed by atoms with Crippen molar-refractivity contribution in [3.63, 3.8) is 0 Å². The number of hydrogen-bond donors (Lipinski definition) is 1. The van der Waals surface area contributed by atoms with Crippen LogP contribution in [0.2, 0.25) is 0 Å². The van der Waals surface area contributed by atoms with Gasteiger partial charge in [0.05, 0.1) is 13.0 Å². The fraction of sp³-hybridized carbons (Fsp3) is 0.167. The summed E-state index contributed by atoms with van der Waals surface area (Å²) < 4.78 is 11.0. The summed E-state index contributed by atoms with van der Waals surface area (Å²) in [6.45, 7) is 0.340. The highest BCUT2D eigenvalue weighted by Crippen LogP contribution is 2.29. The van der Waals surface area contributed by atoms with Gasteiger partial charge in [-0.05, 0) is 48.5 Å². The number of rotatable bonds is 6. The van der Waals surface area contributed by atoms with Crippen LogP contribution in [0.1, 0.15) is 6.42 Å². The Kier molecular flexibility index (Phi) is 5.66. The van der Waals surface area contributed by atoms with Gasteiger partial charge in [-0.25, -0.2) is 0 Å². The quantitative estimate of drug-likeness (QED) is 0.660. The average Bonchev–Trinajstić information content (AvgIpc) is 3.18. The van der Waals surface area contributed by atoms with Gasteiger partial charge in [0.15, 0.2) is 0 Å². The summed E-state index contributed by atoms with van der Waals surface area (Å²) in [4.78, 5) is 26.8. The lowest BCUT2D eigenvalue weighted by molar-refractivity contribution is -0.122. The number of amides is 2. The number of benzene rings is 3. The highest BCUT2D eigenvalue weighted by atomic mass is 16.5. The summed E-state index contributed by atoms with van der Waals surface area (Å²) >= 11 is 0. The van der Waals surface area contributed by atoms with E-state index < -0.39 is 5.92 Å². The Morgan fingerprint density at radius 2 is 1.63 bits per heavy atom. The van der Waals surface area contributed by atoms with Gasteiger partial charge in [-0.15, -0.1) is 0 Å². The molecule has 2 amide bonds. The van der Waals surface area contributed by atoms with Crippen LogP contribution in [-0.4, -0.2) is 25.5 Å². The molecule has 0 aliphatic carbocycles. The van der Waals surface area contributed by atoms with Crippen molar-refractivity contribution in [3.05, 3.63) is 78.9 Å². The van der Waals surface area contributed by atoms with Crippen molar-refractivity contribution in [3.8, 4) is 17.2 Å². The standard InChI is InChI=1S/C24H22N2O4/c1-29-22-9-5-6-19(15-22)26-16-17(14-23(26)27)24(28)25-18-10-12-21(13-11-18)30-20-7-3-2-4-8-20/h2-13,15,17H,14,16H2,1H3,(H,25,28)/t17-/m0/s1. The van der Waals surface area contributed by atoms with E-state index in [1.807, 2.05) is 48.5 Å². The minimum Gasteiger partial charge on any atom is -0.497 e. The van der Waals surface area contributed by atoms with Crippen LogP contribution >= 0.6 is 0 Å². The Balaban J connectivity index is 1.37. The summed E-state index contributed by atoms with van der Waals surface area (Å²) in [6.07, 6.45) is 0.179. The Hall–Kier alpha value is -3.80. The average molecular weight is 402 g/mol. The molecule has 6 nitrogen and oxygen atoms in total. The third-order valence-electron chi connectivity index (χ3n) is 4.96. The maximum absolute atomic E-state index is 12.7. The zero-order valence-electron chi connectivity index (χ0n) is 16.6. The third kappa shape index (κ3) is 4.43. The number of carbonyl (C=O) groups excluding carboxylic acids is 2. The van der Waals surface area contributed by atoms with Gasteiger partial charge >= 0.3 is 0 Å². The number of hydrogen-bond acceptors (Lipinski definition) is 4. The normalized spacial score (nSPS) is 15.7. The third-order valence-corrected chi connectivity index (χ3v) is 4.96. The van der Waals surface area contributed by atoms with E-state index in [9.17, 15) is 9.59 Å². The molecule has 1 atom stereocenters. The summed E-state index contributed by atoms with van der Waals surface area (Å²) in [5.74, 6) is 1.44. The number of nitrogens with zero attached hydrogens (tertiary/aromatic N) is 1. The van der Waals surface area contributed by atoms with Crippen molar-refractivity contribution >= 4 is 23.2 Å². The lowest BCUT2D eigenvalue weighted by atomic mass is 10.1. The molecule has 0 aromatic heterocycles. The van der Waals surface area contributed by atoms with Crippen LogP contribution in [0, 0.1) is 5.92 Å². The molecule has 0 saturated carbocycles. The van der Waals surface area contributed by atoms with E-state index in [0.29, 0.717) is 23.7 Å². The molecule has 3 aromatic rings. The van der Waals surface area contributed by atoms with Crippen LogP contribution < -0.4 is 19.7 Å². The molecular weight excluding hydrogens is 380 g/mol. The lowest BCUT2D eigenvalue weighted by Crippen LogP contribution is -2.28. The van der Waals surface area contributed by atoms with E-state index in [1.165, 1.54) is 0 Å². The van der Waals surface area contributed by atoms with Crippen LogP contribution in [0.4, 0.5) is 11.4 Å². The van der Waals surface area contributed by atoms with Gasteiger partial charge in [0.25, 0.3) is 0 Å². The molecule has 1 heterocycles. The summed E-state index contributed by atoms with van der Waals surface area (Å²) in [5, 5.41) is 2.89. The van der Waals surface area contributed by atoms with E-state index in [1.54, 1.807) is 42.3 Å². The molecule has 3 aromatic carbocycles. The molecule has 0 radical (unpaired) electrons. The first-order chi connectivity index (χ1) is 14.6. The van der Waals surface area contributed by atoms with Gasteiger partial charge in [0.1, 0.15) is 17.2 Å². The maximum atomic E-state index is 12.7. The zero-order chi connectivity index (χ0) is 20.9. The molecule has 0 bridgehead atoms. The fourth-order valence-electron chi connectivity index (χ4n) is 3.39. The van der Waals surface area contributed by atoms with E-state index in [4.69, 9.17) is 9.47 Å². The molecule has 4 rings (SSSR count). The number of nitrogens with one attached hydrogen (secondary N) is 1. The molecule has 1 saturated heterocycles. The van der Waals surface area contributed by atoms with E-state index in [2.05, 4.69) is 5.32 Å².